The van der Waals surface area contributed by atoms with E-state index in [9.17, 15) is 0 Å². The Hall–Kier alpha value is -1.22. The molecule has 0 bridgehead atoms. The number of hydrogen-bond acceptors (Lipinski definition) is 3. The minimum atomic E-state index is 0.472. The Morgan fingerprint density at radius 2 is 1.94 bits per heavy atom. The predicted molar refractivity (Wildman–Crippen MR) is 71.2 cm³/mol. The van der Waals surface area contributed by atoms with E-state index in [1.165, 1.54) is 5.56 Å². The Balaban J connectivity index is 3.18. The summed E-state index contributed by atoms with van der Waals surface area (Å²) in [4.78, 5) is 0. The molecule has 0 spiro atoms. The lowest BCUT2D eigenvalue weighted by molar-refractivity contribution is 0.381. The molecule has 0 saturated heterocycles. The Bertz CT molecular complexity index is 363. The maximum atomic E-state index is 5.54. The van der Waals surface area contributed by atoms with Crippen molar-refractivity contribution in [3.05, 3.63) is 23.3 Å². The van der Waals surface area contributed by atoms with Crippen molar-refractivity contribution in [1.29, 1.82) is 0 Å². The second kappa shape index (κ2) is 6.50. The number of ether oxygens (including phenoxy) is 2. The maximum Gasteiger partial charge on any atom is 0.128 e. The molecule has 1 aromatic rings. The van der Waals surface area contributed by atoms with Gasteiger partial charge < -0.3 is 14.8 Å². The minimum absolute atomic E-state index is 0.472. The molecular weight excluding hydrogens is 214 g/mol. The standard InChI is InChI=1S/C14H23NO2/c1-6-11(9-15-3)12-7-8-13(16-4)10(2)14(12)17-5/h7-8,11,15H,6,9H2,1-5H3. The lowest BCUT2D eigenvalue weighted by atomic mass is 9.93. The van der Waals surface area contributed by atoms with Crippen LogP contribution in [-0.4, -0.2) is 27.8 Å². The monoisotopic (exact) mass is 237 g/mol. The molecule has 1 unspecified atom stereocenters. The zero-order chi connectivity index (χ0) is 12.8. The van der Waals surface area contributed by atoms with E-state index in [2.05, 4.69) is 18.3 Å². The summed E-state index contributed by atoms with van der Waals surface area (Å²) in [5, 5.41) is 3.23. The van der Waals surface area contributed by atoms with E-state index in [1.54, 1.807) is 14.2 Å². The summed E-state index contributed by atoms with van der Waals surface area (Å²) in [5.74, 6) is 2.30. The van der Waals surface area contributed by atoms with E-state index in [-0.39, 0.29) is 0 Å². The summed E-state index contributed by atoms with van der Waals surface area (Å²) in [6.45, 7) is 5.19. The van der Waals surface area contributed by atoms with Crippen molar-refractivity contribution >= 4 is 0 Å². The van der Waals surface area contributed by atoms with Gasteiger partial charge in [-0.2, -0.15) is 0 Å². The fraction of sp³-hybridized carbons (Fsp3) is 0.571. The van der Waals surface area contributed by atoms with E-state index in [1.807, 2.05) is 20.0 Å². The van der Waals surface area contributed by atoms with Gasteiger partial charge in [-0.25, -0.2) is 0 Å². The molecule has 0 radical (unpaired) electrons. The first-order chi connectivity index (χ1) is 8.19. The Morgan fingerprint density at radius 1 is 1.24 bits per heavy atom. The van der Waals surface area contributed by atoms with Gasteiger partial charge in [-0.1, -0.05) is 13.0 Å². The molecule has 0 aromatic heterocycles. The molecule has 1 N–H and O–H groups in total. The van der Waals surface area contributed by atoms with Crippen LogP contribution >= 0.6 is 0 Å². The molecule has 0 fully saturated rings. The van der Waals surface area contributed by atoms with Gasteiger partial charge in [-0.05, 0) is 37.9 Å². The highest BCUT2D eigenvalue weighted by atomic mass is 16.5. The van der Waals surface area contributed by atoms with Crippen molar-refractivity contribution in [2.24, 2.45) is 0 Å². The third-order valence-corrected chi connectivity index (χ3v) is 3.19. The van der Waals surface area contributed by atoms with Crippen LogP contribution in [0.1, 0.15) is 30.4 Å². The lowest BCUT2D eigenvalue weighted by Crippen LogP contribution is -2.17. The summed E-state index contributed by atoms with van der Waals surface area (Å²) in [7, 11) is 5.38. The molecular formula is C14H23NO2. The van der Waals surface area contributed by atoms with E-state index in [0.29, 0.717) is 5.92 Å². The fourth-order valence-corrected chi connectivity index (χ4v) is 2.23. The molecule has 0 aliphatic carbocycles. The summed E-state index contributed by atoms with van der Waals surface area (Å²) in [5.41, 5.74) is 2.32. The molecule has 1 atom stereocenters. The molecule has 0 amide bonds. The van der Waals surface area contributed by atoms with E-state index in [0.717, 1.165) is 30.0 Å². The molecule has 96 valence electrons. The number of likely N-dealkylation sites (N-methyl/N-ethyl adjacent to an activating group) is 1. The molecule has 0 aliphatic rings. The highest BCUT2D eigenvalue weighted by Gasteiger charge is 2.17. The maximum absolute atomic E-state index is 5.54. The minimum Gasteiger partial charge on any atom is -0.496 e. The summed E-state index contributed by atoms with van der Waals surface area (Å²) < 4.78 is 10.9. The van der Waals surface area contributed by atoms with Crippen LogP contribution in [0.5, 0.6) is 11.5 Å². The normalized spacial score (nSPS) is 12.3. The van der Waals surface area contributed by atoms with Gasteiger partial charge in [0.2, 0.25) is 0 Å². The first-order valence-electron chi connectivity index (χ1n) is 6.05. The quantitative estimate of drug-likeness (QED) is 0.825. The summed E-state index contributed by atoms with van der Waals surface area (Å²) >= 11 is 0. The molecule has 3 nitrogen and oxygen atoms in total. The van der Waals surface area contributed by atoms with Gasteiger partial charge in [0, 0.05) is 12.1 Å². The third-order valence-electron chi connectivity index (χ3n) is 3.19. The van der Waals surface area contributed by atoms with Crippen molar-refractivity contribution < 1.29 is 9.47 Å². The molecule has 0 saturated carbocycles. The topological polar surface area (TPSA) is 30.5 Å². The van der Waals surface area contributed by atoms with Gasteiger partial charge in [-0.3, -0.25) is 0 Å². The Labute approximate surface area is 104 Å². The van der Waals surface area contributed by atoms with Crippen LogP contribution in [0.3, 0.4) is 0 Å². The van der Waals surface area contributed by atoms with Gasteiger partial charge >= 0.3 is 0 Å². The average molecular weight is 237 g/mol. The van der Waals surface area contributed by atoms with Crippen LogP contribution in [0.25, 0.3) is 0 Å². The zero-order valence-electron chi connectivity index (χ0n) is 11.5. The van der Waals surface area contributed by atoms with E-state index in [4.69, 9.17) is 9.47 Å². The largest absolute Gasteiger partial charge is 0.496 e. The number of nitrogens with one attached hydrogen (secondary N) is 1. The average Bonchev–Trinajstić information content (AvgIpc) is 2.35. The third kappa shape index (κ3) is 2.91. The number of rotatable bonds is 6. The summed E-state index contributed by atoms with van der Waals surface area (Å²) in [6.07, 6.45) is 1.09. The van der Waals surface area contributed by atoms with E-state index >= 15 is 0 Å². The number of hydrogen-bond donors (Lipinski definition) is 1. The molecule has 0 heterocycles. The van der Waals surface area contributed by atoms with Crippen molar-refractivity contribution in [2.75, 3.05) is 27.8 Å². The van der Waals surface area contributed by atoms with Crippen LogP contribution in [-0.2, 0) is 0 Å². The SMILES string of the molecule is CCC(CNC)c1ccc(OC)c(C)c1OC. The van der Waals surface area contributed by atoms with Crippen molar-refractivity contribution in [3.63, 3.8) is 0 Å². The second-order valence-electron chi connectivity index (χ2n) is 4.18. The smallest absolute Gasteiger partial charge is 0.128 e. The van der Waals surface area contributed by atoms with Gasteiger partial charge in [0.1, 0.15) is 11.5 Å². The molecule has 1 rings (SSSR count). The van der Waals surface area contributed by atoms with Gasteiger partial charge in [0.15, 0.2) is 0 Å². The van der Waals surface area contributed by atoms with Crippen molar-refractivity contribution in [3.8, 4) is 11.5 Å². The van der Waals surface area contributed by atoms with Crippen molar-refractivity contribution in [2.45, 2.75) is 26.2 Å². The predicted octanol–water partition coefficient (Wildman–Crippen LogP) is 2.73. The molecule has 1 aromatic carbocycles. The van der Waals surface area contributed by atoms with Crippen LogP contribution in [0, 0.1) is 6.92 Å². The first-order valence-corrected chi connectivity index (χ1v) is 6.05. The number of benzene rings is 1. The Kier molecular flexibility index (Phi) is 5.29. The molecule has 17 heavy (non-hydrogen) atoms. The second-order valence-corrected chi connectivity index (χ2v) is 4.18. The highest BCUT2D eigenvalue weighted by Crippen LogP contribution is 2.36. The molecule has 3 heteroatoms. The first kappa shape index (κ1) is 13.8. The zero-order valence-corrected chi connectivity index (χ0v) is 11.5. The Morgan fingerprint density at radius 3 is 2.41 bits per heavy atom. The fourth-order valence-electron chi connectivity index (χ4n) is 2.23. The van der Waals surface area contributed by atoms with Crippen molar-refractivity contribution in [1.82, 2.24) is 5.32 Å². The van der Waals surface area contributed by atoms with E-state index < -0.39 is 0 Å². The summed E-state index contributed by atoms with van der Waals surface area (Å²) in [6, 6.07) is 4.13. The van der Waals surface area contributed by atoms with Crippen LogP contribution in [0.2, 0.25) is 0 Å². The van der Waals surface area contributed by atoms with Gasteiger partial charge in [-0.15, -0.1) is 0 Å². The van der Waals surface area contributed by atoms with Crippen LogP contribution in [0.4, 0.5) is 0 Å². The number of methoxy groups -OCH3 is 2. The van der Waals surface area contributed by atoms with Crippen LogP contribution < -0.4 is 14.8 Å². The van der Waals surface area contributed by atoms with Gasteiger partial charge in [0.25, 0.3) is 0 Å². The highest BCUT2D eigenvalue weighted by molar-refractivity contribution is 5.50. The van der Waals surface area contributed by atoms with Crippen LogP contribution in [0.15, 0.2) is 12.1 Å². The molecule has 0 aliphatic heterocycles. The van der Waals surface area contributed by atoms with Gasteiger partial charge in [0.05, 0.1) is 14.2 Å². The lowest BCUT2D eigenvalue weighted by Gasteiger charge is -2.20.